The molecule has 0 amide bonds. The van der Waals surface area contributed by atoms with Crippen molar-refractivity contribution in [3.8, 4) is 0 Å². The summed E-state index contributed by atoms with van der Waals surface area (Å²) in [5, 5.41) is 0. The molecule has 0 fully saturated rings. The fraction of sp³-hybridized carbons (Fsp3) is 0.882. The standard InChI is InChI=1S/C34H62O6S/c1-3-5-7-9-11-13-15-17-19-21-23-25-31(35)39-33(37)27-29-41-30-28-34(38)40-32(36)26-24-22-20-18-16-14-12-10-8-6-4-2/h3-30H2,1-2H3. The van der Waals surface area contributed by atoms with Gasteiger partial charge in [0.2, 0.25) is 0 Å². The summed E-state index contributed by atoms with van der Waals surface area (Å²) < 4.78 is 9.77. The maximum absolute atomic E-state index is 11.9. The van der Waals surface area contributed by atoms with Crippen molar-refractivity contribution in [3.63, 3.8) is 0 Å². The third-order valence-electron chi connectivity index (χ3n) is 7.33. The molecule has 0 aromatic rings. The summed E-state index contributed by atoms with van der Waals surface area (Å²) >= 11 is 1.41. The molecule has 0 aliphatic heterocycles. The van der Waals surface area contributed by atoms with Gasteiger partial charge < -0.3 is 9.47 Å². The van der Waals surface area contributed by atoms with Gasteiger partial charge >= 0.3 is 23.9 Å². The molecule has 0 aliphatic carbocycles. The van der Waals surface area contributed by atoms with Crippen LogP contribution >= 0.6 is 11.8 Å². The van der Waals surface area contributed by atoms with Crippen LogP contribution in [-0.4, -0.2) is 35.4 Å². The number of hydrogen-bond donors (Lipinski definition) is 0. The molecule has 0 bridgehead atoms. The number of unbranched alkanes of at least 4 members (excludes halogenated alkanes) is 20. The summed E-state index contributed by atoms with van der Waals surface area (Å²) in [6.45, 7) is 4.47. The fourth-order valence-corrected chi connectivity index (χ4v) is 5.56. The molecule has 0 unspecified atom stereocenters. The van der Waals surface area contributed by atoms with E-state index in [1.54, 1.807) is 0 Å². The van der Waals surface area contributed by atoms with Crippen molar-refractivity contribution in [1.29, 1.82) is 0 Å². The lowest BCUT2D eigenvalue weighted by Gasteiger charge is -2.05. The number of rotatable bonds is 30. The lowest BCUT2D eigenvalue weighted by molar-refractivity contribution is -0.161. The summed E-state index contributed by atoms with van der Waals surface area (Å²) in [4.78, 5) is 47.4. The van der Waals surface area contributed by atoms with E-state index >= 15 is 0 Å². The van der Waals surface area contributed by atoms with E-state index in [4.69, 9.17) is 9.47 Å². The van der Waals surface area contributed by atoms with Gasteiger partial charge in [-0.2, -0.15) is 11.8 Å². The van der Waals surface area contributed by atoms with Crippen LogP contribution in [0.15, 0.2) is 0 Å². The van der Waals surface area contributed by atoms with Crippen LogP contribution in [0.5, 0.6) is 0 Å². The second-order valence-electron chi connectivity index (χ2n) is 11.4. The zero-order chi connectivity index (χ0) is 30.2. The predicted octanol–water partition coefficient (Wildman–Crippen LogP) is 10.0. The molecule has 0 radical (unpaired) electrons. The van der Waals surface area contributed by atoms with Gasteiger partial charge in [-0.05, 0) is 12.8 Å². The van der Waals surface area contributed by atoms with Gasteiger partial charge in [-0.1, -0.05) is 142 Å². The van der Waals surface area contributed by atoms with Gasteiger partial charge in [0, 0.05) is 24.3 Å². The summed E-state index contributed by atoms with van der Waals surface area (Å²) in [5.41, 5.74) is 0. The van der Waals surface area contributed by atoms with E-state index in [0.29, 0.717) is 11.5 Å². The average molecular weight is 599 g/mol. The van der Waals surface area contributed by atoms with Gasteiger partial charge in [-0.15, -0.1) is 0 Å². The van der Waals surface area contributed by atoms with Crippen LogP contribution in [-0.2, 0) is 28.7 Å². The van der Waals surface area contributed by atoms with E-state index in [-0.39, 0.29) is 25.7 Å². The van der Waals surface area contributed by atoms with Gasteiger partial charge in [0.15, 0.2) is 0 Å². The first-order valence-electron chi connectivity index (χ1n) is 17.0. The second-order valence-corrected chi connectivity index (χ2v) is 12.6. The van der Waals surface area contributed by atoms with E-state index in [0.717, 1.165) is 38.5 Å². The minimum Gasteiger partial charge on any atom is -0.393 e. The Balaban J connectivity index is 3.50. The zero-order valence-electron chi connectivity index (χ0n) is 26.7. The highest BCUT2D eigenvalue weighted by atomic mass is 32.2. The largest absolute Gasteiger partial charge is 0.393 e. The molecule has 0 atom stereocenters. The average Bonchev–Trinajstić information content (AvgIpc) is 2.94. The number of esters is 4. The Labute approximate surface area is 256 Å². The lowest BCUT2D eigenvalue weighted by atomic mass is 10.1. The Kier molecular flexibility index (Phi) is 30.5. The summed E-state index contributed by atoms with van der Waals surface area (Å²) in [7, 11) is 0. The number of ether oxygens (including phenoxy) is 2. The topological polar surface area (TPSA) is 86.7 Å². The van der Waals surface area contributed by atoms with Crippen molar-refractivity contribution in [2.24, 2.45) is 0 Å². The number of hydrogen-bond acceptors (Lipinski definition) is 7. The lowest BCUT2D eigenvalue weighted by Crippen LogP contribution is -2.14. The van der Waals surface area contributed by atoms with Crippen molar-refractivity contribution in [1.82, 2.24) is 0 Å². The molecule has 0 heterocycles. The van der Waals surface area contributed by atoms with E-state index < -0.39 is 23.9 Å². The van der Waals surface area contributed by atoms with Crippen LogP contribution < -0.4 is 0 Å². The van der Waals surface area contributed by atoms with E-state index in [9.17, 15) is 19.2 Å². The molecule has 0 aromatic heterocycles. The first kappa shape index (κ1) is 39.6. The predicted molar refractivity (Wildman–Crippen MR) is 171 cm³/mol. The summed E-state index contributed by atoms with van der Waals surface area (Å²) in [6.07, 6.45) is 27.5. The molecule has 0 spiro atoms. The molecular formula is C34H62O6S. The Morgan fingerprint density at radius 2 is 0.610 bits per heavy atom. The summed E-state index contributed by atoms with van der Waals surface area (Å²) in [5.74, 6) is -1.01. The van der Waals surface area contributed by atoms with Crippen molar-refractivity contribution < 1.29 is 28.7 Å². The second kappa shape index (κ2) is 31.6. The highest BCUT2D eigenvalue weighted by molar-refractivity contribution is 7.99. The monoisotopic (exact) mass is 598 g/mol. The van der Waals surface area contributed by atoms with Gasteiger partial charge in [0.25, 0.3) is 0 Å². The molecule has 0 rings (SSSR count). The zero-order valence-corrected chi connectivity index (χ0v) is 27.5. The molecule has 0 aliphatic rings. The van der Waals surface area contributed by atoms with E-state index in [1.807, 2.05) is 0 Å². The first-order valence-corrected chi connectivity index (χ1v) is 18.2. The Hall–Kier alpha value is -1.37. The highest BCUT2D eigenvalue weighted by Crippen LogP contribution is 2.14. The quantitative estimate of drug-likeness (QED) is 0.0462. The van der Waals surface area contributed by atoms with Crippen molar-refractivity contribution in [2.75, 3.05) is 11.5 Å². The third kappa shape index (κ3) is 31.4. The molecule has 0 saturated carbocycles. The number of thioether (sulfide) groups is 1. The highest BCUT2D eigenvalue weighted by Gasteiger charge is 2.12. The van der Waals surface area contributed by atoms with Crippen LogP contribution in [0.4, 0.5) is 0 Å². The number of carbonyl (C=O) groups excluding carboxylic acids is 4. The van der Waals surface area contributed by atoms with Crippen LogP contribution in [0.2, 0.25) is 0 Å². The molecular weight excluding hydrogens is 536 g/mol. The van der Waals surface area contributed by atoms with E-state index in [1.165, 1.54) is 114 Å². The number of carbonyl (C=O) groups is 4. The van der Waals surface area contributed by atoms with Crippen LogP contribution in [0.1, 0.15) is 181 Å². The van der Waals surface area contributed by atoms with Crippen LogP contribution in [0.25, 0.3) is 0 Å². The maximum atomic E-state index is 11.9. The van der Waals surface area contributed by atoms with Crippen LogP contribution in [0, 0.1) is 0 Å². The van der Waals surface area contributed by atoms with E-state index in [2.05, 4.69) is 13.8 Å². The van der Waals surface area contributed by atoms with Gasteiger partial charge in [0.05, 0.1) is 12.8 Å². The molecule has 6 nitrogen and oxygen atoms in total. The Morgan fingerprint density at radius 3 is 0.902 bits per heavy atom. The molecule has 0 N–H and O–H groups in total. The van der Waals surface area contributed by atoms with Gasteiger partial charge in [-0.25, -0.2) is 0 Å². The van der Waals surface area contributed by atoms with Crippen molar-refractivity contribution in [3.05, 3.63) is 0 Å². The van der Waals surface area contributed by atoms with Gasteiger partial charge in [0.1, 0.15) is 0 Å². The van der Waals surface area contributed by atoms with Crippen molar-refractivity contribution in [2.45, 2.75) is 181 Å². The molecule has 41 heavy (non-hydrogen) atoms. The SMILES string of the molecule is CCCCCCCCCCCCCC(=O)OC(=O)CCSCCC(=O)OC(=O)CCCCCCCCCCCCC. The molecule has 0 saturated heterocycles. The molecule has 7 heteroatoms. The minimum absolute atomic E-state index is 0.126. The minimum atomic E-state index is -0.518. The fourth-order valence-electron chi connectivity index (χ4n) is 4.74. The van der Waals surface area contributed by atoms with Gasteiger partial charge in [-0.3, -0.25) is 19.2 Å². The Bertz CT molecular complexity index is 597. The molecule has 240 valence electrons. The van der Waals surface area contributed by atoms with Crippen LogP contribution in [0.3, 0.4) is 0 Å². The third-order valence-corrected chi connectivity index (χ3v) is 8.31. The Morgan fingerprint density at radius 1 is 0.366 bits per heavy atom. The maximum Gasteiger partial charge on any atom is 0.314 e. The smallest absolute Gasteiger partial charge is 0.314 e. The summed E-state index contributed by atoms with van der Waals surface area (Å²) in [6, 6.07) is 0. The van der Waals surface area contributed by atoms with Crippen molar-refractivity contribution >= 4 is 35.6 Å². The molecule has 0 aromatic carbocycles. The normalized spacial score (nSPS) is 11.0. The first-order chi connectivity index (χ1) is 20.0.